The van der Waals surface area contributed by atoms with Crippen molar-refractivity contribution in [3.8, 4) is 0 Å². The SMILES string of the molecule is CC[C@H](C(=O)NC(C)C)N(Cc1ccccc1Cl)C(=O)CCCN(c1ccccc1)S(C)(=O)=O. The van der Waals surface area contributed by atoms with Crippen molar-refractivity contribution in [2.75, 3.05) is 17.1 Å². The van der Waals surface area contributed by atoms with Crippen LogP contribution in [0.2, 0.25) is 5.02 Å². The molecule has 9 heteroatoms. The summed E-state index contributed by atoms with van der Waals surface area (Å²) < 4.78 is 26.0. The van der Waals surface area contributed by atoms with Gasteiger partial charge in [0.1, 0.15) is 6.04 Å². The van der Waals surface area contributed by atoms with Gasteiger partial charge < -0.3 is 10.2 Å². The minimum atomic E-state index is -3.51. The van der Waals surface area contributed by atoms with Crippen LogP contribution in [0.15, 0.2) is 54.6 Å². The number of nitrogens with zero attached hydrogens (tertiary/aromatic N) is 2. The molecule has 2 amide bonds. The van der Waals surface area contributed by atoms with Crippen molar-refractivity contribution in [1.82, 2.24) is 10.2 Å². The molecule has 2 aromatic carbocycles. The summed E-state index contributed by atoms with van der Waals surface area (Å²) in [6, 6.07) is 15.3. The Morgan fingerprint density at radius 1 is 1.03 bits per heavy atom. The molecule has 1 atom stereocenters. The molecule has 2 rings (SSSR count). The van der Waals surface area contributed by atoms with Gasteiger partial charge in [0, 0.05) is 30.6 Å². The molecule has 0 saturated carbocycles. The van der Waals surface area contributed by atoms with E-state index in [1.165, 1.54) is 4.31 Å². The van der Waals surface area contributed by atoms with Crippen molar-refractivity contribution in [3.05, 3.63) is 65.2 Å². The van der Waals surface area contributed by atoms with Gasteiger partial charge >= 0.3 is 0 Å². The Morgan fingerprint density at radius 2 is 1.65 bits per heavy atom. The van der Waals surface area contributed by atoms with Crippen molar-refractivity contribution in [3.63, 3.8) is 0 Å². The first-order valence-electron chi connectivity index (χ1n) is 11.4. The summed E-state index contributed by atoms with van der Waals surface area (Å²) in [5, 5.41) is 3.41. The lowest BCUT2D eigenvalue weighted by Gasteiger charge is -2.32. The van der Waals surface area contributed by atoms with Crippen molar-refractivity contribution in [2.24, 2.45) is 0 Å². The lowest BCUT2D eigenvalue weighted by Crippen LogP contribution is -2.50. The van der Waals surface area contributed by atoms with Crippen LogP contribution < -0.4 is 9.62 Å². The van der Waals surface area contributed by atoms with Crippen LogP contribution in [0.5, 0.6) is 0 Å². The van der Waals surface area contributed by atoms with Crippen molar-refractivity contribution >= 4 is 39.1 Å². The molecule has 0 unspecified atom stereocenters. The summed E-state index contributed by atoms with van der Waals surface area (Å²) in [5.74, 6) is -0.452. The van der Waals surface area contributed by atoms with Gasteiger partial charge in [-0.15, -0.1) is 0 Å². The normalized spacial score (nSPS) is 12.3. The first-order chi connectivity index (χ1) is 16.0. The summed E-state index contributed by atoms with van der Waals surface area (Å²) in [6.45, 7) is 5.95. The average molecular weight is 508 g/mol. The second-order valence-corrected chi connectivity index (χ2v) is 10.8. The lowest BCUT2D eigenvalue weighted by molar-refractivity contribution is -0.141. The zero-order valence-corrected chi connectivity index (χ0v) is 21.8. The number of hydrogen-bond donors (Lipinski definition) is 1. The largest absolute Gasteiger partial charge is 0.352 e. The van der Waals surface area contributed by atoms with E-state index in [4.69, 9.17) is 11.6 Å². The summed E-state index contributed by atoms with van der Waals surface area (Å²) in [4.78, 5) is 27.8. The Balaban J connectivity index is 2.21. The molecule has 0 bridgehead atoms. The number of benzene rings is 2. The Kier molecular flexibility index (Phi) is 10.4. The highest BCUT2D eigenvalue weighted by atomic mass is 35.5. The fourth-order valence-electron chi connectivity index (χ4n) is 3.71. The molecule has 0 aromatic heterocycles. The van der Waals surface area contributed by atoms with Crippen LogP contribution in [0.25, 0.3) is 0 Å². The van der Waals surface area contributed by atoms with Crippen molar-refractivity contribution in [1.29, 1.82) is 0 Å². The molecular weight excluding hydrogens is 474 g/mol. The molecule has 186 valence electrons. The predicted octanol–water partition coefficient (Wildman–Crippen LogP) is 4.22. The van der Waals surface area contributed by atoms with Crippen molar-refractivity contribution in [2.45, 2.75) is 58.7 Å². The molecule has 0 radical (unpaired) electrons. The summed E-state index contributed by atoms with van der Waals surface area (Å²) in [7, 11) is -3.51. The number of carbonyl (C=O) groups excluding carboxylic acids is 2. The van der Waals surface area contributed by atoms with Gasteiger partial charge in [-0.25, -0.2) is 8.42 Å². The average Bonchev–Trinajstić information content (AvgIpc) is 2.77. The second-order valence-electron chi connectivity index (χ2n) is 8.47. The molecule has 0 heterocycles. The van der Waals surface area contributed by atoms with Crippen molar-refractivity contribution < 1.29 is 18.0 Å². The molecule has 0 saturated heterocycles. The lowest BCUT2D eigenvalue weighted by atomic mass is 10.1. The van der Waals surface area contributed by atoms with E-state index in [0.29, 0.717) is 23.6 Å². The van der Waals surface area contributed by atoms with E-state index >= 15 is 0 Å². The summed E-state index contributed by atoms with van der Waals surface area (Å²) in [5.41, 5.74) is 1.29. The van der Waals surface area contributed by atoms with E-state index in [9.17, 15) is 18.0 Å². The minimum Gasteiger partial charge on any atom is -0.352 e. The van der Waals surface area contributed by atoms with Gasteiger partial charge in [-0.3, -0.25) is 13.9 Å². The van der Waals surface area contributed by atoms with Crippen LogP contribution in [0.4, 0.5) is 5.69 Å². The number of carbonyl (C=O) groups is 2. The molecule has 2 aromatic rings. The highest BCUT2D eigenvalue weighted by Gasteiger charge is 2.29. The van der Waals surface area contributed by atoms with Crippen LogP contribution in [0.3, 0.4) is 0 Å². The van der Waals surface area contributed by atoms with Gasteiger partial charge in [0.15, 0.2) is 0 Å². The number of sulfonamides is 1. The first kappa shape index (κ1) is 27.7. The third-order valence-corrected chi connectivity index (χ3v) is 6.87. The molecular formula is C25H34ClN3O4S. The van der Waals surface area contributed by atoms with Gasteiger partial charge in [-0.05, 0) is 50.5 Å². The monoisotopic (exact) mass is 507 g/mol. The second kappa shape index (κ2) is 12.8. The third kappa shape index (κ3) is 8.02. The Morgan fingerprint density at radius 3 is 2.21 bits per heavy atom. The zero-order valence-electron chi connectivity index (χ0n) is 20.2. The molecule has 34 heavy (non-hydrogen) atoms. The number of anilines is 1. The van der Waals surface area contributed by atoms with E-state index in [0.717, 1.165) is 11.8 Å². The molecule has 7 nitrogen and oxygen atoms in total. The maximum absolute atomic E-state index is 13.4. The Hall–Kier alpha value is -2.58. The number of halogens is 1. The Bertz CT molecular complexity index is 1060. The highest BCUT2D eigenvalue weighted by Crippen LogP contribution is 2.22. The number of para-hydroxylation sites is 1. The highest BCUT2D eigenvalue weighted by molar-refractivity contribution is 7.92. The first-order valence-corrected chi connectivity index (χ1v) is 13.6. The molecule has 0 fully saturated rings. The van der Waals surface area contributed by atoms with Crippen LogP contribution in [-0.2, 0) is 26.2 Å². The van der Waals surface area contributed by atoms with E-state index in [1.54, 1.807) is 35.2 Å². The van der Waals surface area contributed by atoms with Crippen LogP contribution >= 0.6 is 11.6 Å². The van der Waals surface area contributed by atoms with Gasteiger partial charge in [-0.1, -0.05) is 54.9 Å². The third-order valence-electron chi connectivity index (χ3n) is 5.31. The van der Waals surface area contributed by atoms with Crippen LogP contribution in [0, 0.1) is 0 Å². The molecule has 0 aliphatic carbocycles. The topological polar surface area (TPSA) is 86.8 Å². The summed E-state index contributed by atoms with van der Waals surface area (Å²) in [6.07, 6.45) is 1.99. The fraction of sp³-hybridized carbons (Fsp3) is 0.440. The van der Waals surface area contributed by atoms with E-state index in [-0.39, 0.29) is 37.4 Å². The fourth-order valence-corrected chi connectivity index (χ4v) is 4.87. The summed E-state index contributed by atoms with van der Waals surface area (Å²) >= 11 is 6.34. The number of hydrogen-bond acceptors (Lipinski definition) is 4. The maximum atomic E-state index is 13.4. The van der Waals surface area contributed by atoms with E-state index < -0.39 is 16.1 Å². The van der Waals surface area contributed by atoms with E-state index in [2.05, 4.69) is 5.32 Å². The molecule has 0 aliphatic heterocycles. The molecule has 1 N–H and O–H groups in total. The maximum Gasteiger partial charge on any atom is 0.243 e. The number of rotatable bonds is 12. The molecule has 0 aliphatic rings. The zero-order chi connectivity index (χ0) is 25.3. The number of nitrogens with one attached hydrogen (secondary N) is 1. The van der Waals surface area contributed by atoms with Gasteiger partial charge in [0.2, 0.25) is 21.8 Å². The number of amides is 2. The minimum absolute atomic E-state index is 0.0620. The molecule has 0 spiro atoms. The Labute approximate surface area is 208 Å². The van der Waals surface area contributed by atoms with Crippen LogP contribution in [-0.4, -0.2) is 50.0 Å². The quantitative estimate of drug-likeness (QED) is 0.466. The smallest absolute Gasteiger partial charge is 0.243 e. The standard InChI is InChI=1S/C25H34ClN3O4S/c1-5-23(25(31)27-19(2)3)28(18-20-12-9-10-15-22(20)26)24(30)16-11-17-29(34(4,32)33)21-13-7-6-8-14-21/h6-10,12-15,19,23H,5,11,16-18H2,1-4H3,(H,27,31)/t23-/m1/s1. The predicted molar refractivity (Wildman–Crippen MR) is 137 cm³/mol. The van der Waals surface area contributed by atoms with Gasteiger partial charge in [-0.2, -0.15) is 0 Å². The van der Waals surface area contributed by atoms with Gasteiger partial charge in [0.05, 0.1) is 11.9 Å². The van der Waals surface area contributed by atoms with Crippen LogP contribution in [0.1, 0.15) is 45.6 Å². The van der Waals surface area contributed by atoms with Gasteiger partial charge in [0.25, 0.3) is 0 Å². The van der Waals surface area contributed by atoms with E-state index in [1.807, 2.05) is 45.0 Å².